The molecule has 0 atom stereocenters. The smallest absolute Gasteiger partial charge is 0.307 e. The lowest BCUT2D eigenvalue weighted by atomic mass is 10.1. The first-order chi connectivity index (χ1) is 9.17. The molecule has 0 fully saturated rings. The molecule has 0 saturated heterocycles. The molecule has 0 aliphatic rings. The molecule has 0 aliphatic carbocycles. The van der Waals surface area contributed by atoms with Gasteiger partial charge in [0.2, 0.25) is 0 Å². The Bertz CT molecular complexity index is 661. The van der Waals surface area contributed by atoms with Gasteiger partial charge in [-0.05, 0) is 17.5 Å². The predicted octanol–water partition coefficient (Wildman–Crippen LogP) is 1.02. The second kappa shape index (κ2) is 5.67. The van der Waals surface area contributed by atoms with E-state index in [9.17, 15) is 9.59 Å². The summed E-state index contributed by atoms with van der Waals surface area (Å²) in [6.07, 6.45) is 0.161. The van der Waals surface area contributed by atoms with Gasteiger partial charge in [0.25, 0.3) is 5.56 Å². The van der Waals surface area contributed by atoms with E-state index in [0.29, 0.717) is 12.1 Å². The maximum atomic E-state index is 12.2. The molecule has 2 N–H and O–H groups in total. The molecule has 100 valence electrons. The number of fused-ring (bicyclic) bond motifs is 1. The molecule has 1 aromatic carbocycles. The van der Waals surface area contributed by atoms with E-state index in [1.807, 2.05) is 24.3 Å². The van der Waals surface area contributed by atoms with Gasteiger partial charge in [-0.1, -0.05) is 18.2 Å². The number of aromatic nitrogens is 1. The van der Waals surface area contributed by atoms with Gasteiger partial charge in [0.05, 0.1) is 19.0 Å². The van der Waals surface area contributed by atoms with Crippen LogP contribution in [0, 0.1) is 0 Å². The molecular weight excluding hydrogens is 244 g/mol. The molecule has 1 aromatic heterocycles. The number of para-hydroxylation sites is 1. The second-order valence-corrected chi connectivity index (χ2v) is 4.22. The van der Waals surface area contributed by atoms with Crippen molar-refractivity contribution in [1.29, 1.82) is 0 Å². The van der Waals surface area contributed by atoms with Gasteiger partial charge < -0.3 is 15.0 Å². The van der Waals surface area contributed by atoms with Crippen LogP contribution < -0.4 is 11.3 Å². The van der Waals surface area contributed by atoms with Crippen molar-refractivity contribution >= 4 is 16.9 Å². The largest absolute Gasteiger partial charge is 0.469 e. The Hall–Kier alpha value is -2.14. The lowest BCUT2D eigenvalue weighted by Gasteiger charge is -2.11. The fraction of sp³-hybridized carbons (Fsp3) is 0.286. The molecular formula is C14H16N2O3. The SMILES string of the molecule is COC(=O)CCn1c(=O)c(CN)cc2ccccc21. The molecule has 0 saturated carbocycles. The van der Waals surface area contributed by atoms with Crippen molar-refractivity contribution in [2.45, 2.75) is 19.5 Å². The van der Waals surface area contributed by atoms with E-state index in [1.165, 1.54) is 7.11 Å². The molecule has 0 radical (unpaired) electrons. The number of aryl methyl sites for hydroxylation is 1. The van der Waals surface area contributed by atoms with Gasteiger partial charge >= 0.3 is 5.97 Å². The molecule has 1 heterocycles. The summed E-state index contributed by atoms with van der Waals surface area (Å²) in [6, 6.07) is 9.33. The summed E-state index contributed by atoms with van der Waals surface area (Å²) in [5.41, 5.74) is 6.78. The highest BCUT2D eigenvalue weighted by Gasteiger charge is 2.09. The average Bonchev–Trinajstić information content (AvgIpc) is 2.45. The maximum absolute atomic E-state index is 12.2. The molecule has 0 spiro atoms. The topological polar surface area (TPSA) is 74.3 Å². The number of benzene rings is 1. The Morgan fingerprint density at radius 2 is 2.11 bits per heavy atom. The van der Waals surface area contributed by atoms with Gasteiger partial charge in [0, 0.05) is 18.7 Å². The first kappa shape index (κ1) is 13.3. The zero-order valence-electron chi connectivity index (χ0n) is 10.8. The Morgan fingerprint density at radius 1 is 1.37 bits per heavy atom. The van der Waals surface area contributed by atoms with E-state index in [-0.39, 0.29) is 24.5 Å². The van der Waals surface area contributed by atoms with Crippen molar-refractivity contribution < 1.29 is 9.53 Å². The number of carbonyl (C=O) groups excluding carboxylic acids is 1. The Kier molecular flexibility index (Phi) is 3.97. The van der Waals surface area contributed by atoms with Crippen LogP contribution in [-0.2, 0) is 22.6 Å². The third-order valence-corrected chi connectivity index (χ3v) is 3.06. The number of carbonyl (C=O) groups is 1. The highest BCUT2D eigenvalue weighted by Crippen LogP contribution is 2.13. The number of hydrogen-bond acceptors (Lipinski definition) is 4. The average molecular weight is 260 g/mol. The van der Waals surface area contributed by atoms with Crippen LogP contribution in [0.1, 0.15) is 12.0 Å². The van der Waals surface area contributed by atoms with Crippen molar-refractivity contribution in [1.82, 2.24) is 4.57 Å². The fourth-order valence-corrected chi connectivity index (χ4v) is 2.06. The quantitative estimate of drug-likeness (QED) is 0.833. The predicted molar refractivity (Wildman–Crippen MR) is 72.7 cm³/mol. The number of nitrogens with two attached hydrogens (primary N) is 1. The molecule has 2 rings (SSSR count). The minimum atomic E-state index is -0.339. The number of rotatable bonds is 4. The Balaban J connectivity index is 2.52. The zero-order chi connectivity index (χ0) is 13.8. The Labute approximate surface area is 110 Å². The van der Waals surface area contributed by atoms with E-state index in [4.69, 9.17) is 5.73 Å². The molecule has 2 aromatic rings. The summed E-state index contributed by atoms with van der Waals surface area (Å²) in [5.74, 6) is -0.339. The van der Waals surface area contributed by atoms with Gasteiger partial charge in [0.15, 0.2) is 0 Å². The molecule has 0 bridgehead atoms. The van der Waals surface area contributed by atoms with E-state index in [1.54, 1.807) is 10.6 Å². The summed E-state index contributed by atoms with van der Waals surface area (Å²) in [4.78, 5) is 23.5. The standard InChI is InChI=1S/C14H16N2O3/c1-19-13(17)6-7-16-12-5-3-2-4-10(12)8-11(9-15)14(16)18/h2-5,8H,6-7,9,15H2,1H3. The van der Waals surface area contributed by atoms with Crippen molar-refractivity contribution in [3.8, 4) is 0 Å². The fourth-order valence-electron chi connectivity index (χ4n) is 2.06. The monoisotopic (exact) mass is 260 g/mol. The minimum Gasteiger partial charge on any atom is -0.469 e. The van der Waals surface area contributed by atoms with Crippen LogP contribution in [0.2, 0.25) is 0 Å². The van der Waals surface area contributed by atoms with Crippen LogP contribution >= 0.6 is 0 Å². The molecule has 0 aliphatic heterocycles. The van der Waals surface area contributed by atoms with Crippen LogP contribution in [0.4, 0.5) is 0 Å². The second-order valence-electron chi connectivity index (χ2n) is 4.22. The van der Waals surface area contributed by atoms with Crippen molar-refractivity contribution in [2.75, 3.05) is 7.11 Å². The van der Waals surface area contributed by atoms with Crippen molar-refractivity contribution in [3.05, 3.63) is 46.2 Å². The van der Waals surface area contributed by atoms with Crippen LogP contribution in [0.25, 0.3) is 10.9 Å². The van der Waals surface area contributed by atoms with E-state index >= 15 is 0 Å². The summed E-state index contributed by atoms with van der Waals surface area (Å²) in [6.45, 7) is 0.474. The normalized spacial score (nSPS) is 10.6. The molecule has 0 unspecified atom stereocenters. The molecule has 5 heteroatoms. The lowest BCUT2D eigenvalue weighted by molar-refractivity contribution is -0.140. The van der Waals surface area contributed by atoms with Gasteiger partial charge in [0.1, 0.15) is 0 Å². The number of esters is 1. The maximum Gasteiger partial charge on any atom is 0.307 e. The first-order valence-corrected chi connectivity index (χ1v) is 6.05. The molecule has 0 amide bonds. The van der Waals surface area contributed by atoms with Gasteiger partial charge in [-0.3, -0.25) is 9.59 Å². The van der Waals surface area contributed by atoms with Gasteiger partial charge in [-0.15, -0.1) is 0 Å². The highest BCUT2D eigenvalue weighted by molar-refractivity contribution is 5.79. The number of pyridine rings is 1. The summed E-state index contributed by atoms with van der Waals surface area (Å²) >= 11 is 0. The third-order valence-electron chi connectivity index (χ3n) is 3.06. The van der Waals surface area contributed by atoms with Crippen LogP contribution in [-0.4, -0.2) is 17.6 Å². The van der Waals surface area contributed by atoms with E-state index in [2.05, 4.69) is 4.74 Å². The number of hydrogen-bond donors (Lipinski definition) is 1. The lowest BCUT2D eigenvalue weighted by Crippen LogP contribution is -2.26. The van der Waals surface area contributed by atoms with Gasteiger partial charge in [-0.2, -0.15) is 0 Å². The highest BCUT2D eigenvalue weighted by atomic mass is 16.5. The number of methoxy groups -OCH3 is 1. The van der Waals surface area contributed by atoms with Crippen LogP contribution in [0.15, 0.2) is 35.1 Å². The minimum absolute atomic E-state index is 0.148. The summed E-state index contributed by atoms with van der Waals surface area (Å²) in [7, 11) is 1.33. The Morgan fingerprint density at radius 3 is 2.79 bits per heavy atom. The van der Waals surface area contributed by atoms with Crippen LogP contribution in [0.5, 0.6) is 0 Å². The third kappa shape index (κ3) is 2.66. The summed E-state index contributed by atoms with van der Waals surface area (Å²) in [5, 5.41) is 0.937. The summed E-state index contributed by atoms with van der Waals surface area (Å²) < 4.78 is 6.18. The van der Waals surface area contributed by atoms with E-state index in [0.717, 1.165) is 10.9 Å². The van der Waals surface area contributed by atoms with Crippen molar-refractivity contribution in [3.63, 3.8) is 0 Å². The van der Waals surface area contributed by atoms with Gasteiger partial charge in [-0.25, -0.2) is 0 Å². The molecule has 5 nitrogen and oxygen atoms in total. The first-order valence-electron chi connectivity index (χ1n) is 6.05. The van der Waals surface area contributed by atoms with Crippen molar-refractivity contribution in [2.24, 2.45) is 5.73 Å². The zero-order valence-corrected chi connectivity index (χ0v) is 10.8. The van der Waals surface area contributed by atoms with Crippen LogP contribution in [0.3, 0.4) is 0 Å². The van der Waals surface area contributed by atoms with E-state index < -0.39 is 0 Å². The molecule has 19 heavy (non-hydrogen) atoms. The number of ether oxygens (including phenoxy) is 1. The number of nitrogens with zero attached hydrogens (tertiary/aromatic N) is 1.